The van der Waals surface area contributed by atoms with Crippen LogP contribution in [0.5, 0.6) is 0 Å². The van der Waals surface area contributed by atoms with E-state index < -0.39 is 0 Å². The van der Waals surface area contributed by atoms with Crippen molar-refractivity contribution in [1.82, 2.24) is 0 Å². The summed E-state index contributed by atoms with van der Waals surface area (Å²) in [5, 5.41) is 17.5. The van der Waals surface area contributed by atoms with Gasteiger partial charge in [0.25, 0.3) is 0 Å². The Hall–Kier alpha value is -0.410. The minimum absolute atomic E-state index is 0.122. The molecule has 0 aromatic heterocycles. The molecular weight excluding hydrogens is 156 g/mol. The molecule has 0 spiro atoms. The smallest absolute Gasteiger partial charge is 0.139 e. The van der Waals surface area contributed by atoms with Crippen molar-refractivity contribution in [1.29, 1.82) is 0 Å². The van der Waals surface area contributed by atoms with Crippen molar-refractivity contribution in [2.45, 2.75) is 12.8 Å². The average Bonchev–Trinajstić information content (AvgIpc) is 2.98. The maximum atomic E-state index is 11.5. The lowest BCUT2D eigenvalue weighted by Gasteiger charge is -1.95. The van der Waals surface area contributed by atoms with E-state index in [1.807, 2.05) is 0 Å². The highest BCUT2D eigenvalue weighted by Gasteiger charge is 2.51. The summed E-state index contributed by atoms with van der Waals surface area (Å²) in [6.07, 6.45) is 1.73. The monoisotopic (exact) mass is 170 g/mol. The van der Waals surface area contributed by atoms with Gasteiger partial charge >= 0.3 is 0 Å². The molecule has 3 heteroatoms. The fourth-order valence-corrected chi connectivity index (χ4v) is 1.87. The molecule has 0 unspecified atom stereocenters. The highest BCUT2D eigenvalue weighted by molar-refractivity contribution is 5.88. The lowest BCUT2D eigenvalue weighted by molar-refractivity contribution is -0.122. The van der Waals surface area contributed by atoms with Crippen LogP contribution in [0.1, 0.15) is 12.8 Å². The Morgan fingerprint density at radius 3 is 1.75 bits per heavy atom. The topological polar surface area (TPSA) is 57.5 Å². The van der Waals surface area contributed by atoms with Gasteiger partial charge in [0.15, 0.2) is 0 Å². The number of carbonyl (C=O) groups is 1. The van der Waals surface area contributed by atoms with E-state index in [9.17, 15) is 4.79 Å². The van der Waals surface area contributed by atoms with Crippen LogP contribution in [0.2, 0.25) is 0 Å². The Bertz CT molecular complexity index is 182. The van der Waals surface area contributed by atoms with Crippen molar-refractivity contribution in [2.75, 3.05) is 13.2 Å². The SMILES string of the molecule is O=C([C@@H]1C[C@H]1CO)[C@@H]1C[C@H]1CO. The van der Waals surface area contributed by atoms with Gasteiger partial charge in [0.2, 0.25) is 0 Å². The fraction of sp³-hybridized carbons (Fsp3) is 0.889. The van der Waals surface area contributed by atoms with Gasteiger partial charge in [-0.3, -0.25) is 4.79 Å². The van der Waals surface area contributed by atoms with E-state index in [0.29, 0.717) is 0 Å². The molecule has 2 rings (SSSR count). The highest BCUT2D eigenvalue weighted by Crippen LogP contribution is 2.48. The summed E-state index contributed by atoms with van der Waals surface area (Å²) in [7, 11) is 0. The second kappa shape index (κ2) is 2.82. The van der Waals surface area contributed by atoms with E-state index >= 15 is 0 Å². The largest absolute Gasteiger partial charge is 0.396 e. The maximum absolute atomic E-state index is 11.5. The standard InChI is InChI=1S/C9H14O3/c10-3-5-1-7(5)9(12)8-2-6(8)4-11/h5-8,10-11H,1-4H2/t5-,6-,7+,8+/m0/s1. The van der Waals surface area contributed by atoms with Gasteiger partial charge in [-0.1, -0.05) is 0 Å². The Morgan fingerprint density at radius 2 is 1.50 bits per heavy atom. The summed E-state index contributed by atoms with van der Waals surface area (Å²) in [5.41, 5.74) is 0. The van der Waals surface area contributed by atoms with E-state index in [4.69, 9.17) is 10.2 Å². The Balaban J connectivity index is 1.80. The molecule has 2 fully saturated rings. The number of rotatable bonds is 4. The molecule has 0 bridgehead atoms. The molecule has 2 saturated carbocycles. The van der Waals surface area contributed by atoms with Gasteiger partial charge in [-0.15, -0.1) is 0 Å². The second-order valence-corrected chi connectivity index (χ2v) is 3.97. The van der Waals surface area contributed by atoms with E-state index in [-0.39, 0.29) is 42.7 Å². The number of aliphatic hydroxyl groups is 2. The fourth-order valence-electron chi connectivity index (χ4n) is 1.87. The van der Waals surface area contributed by atoms with Crippen LogP contribution in [0.15, 0.2) is 0 Å². The van der Waals surface area contributed by atoms with Crippen LogP contribution in [0.4, 0.5) is 0 Å². The van der Waals surface area contributed by atoms with Gasteiger partial charge in [-0.25, -0.2) is 0 Å². The lowest BCUT2D eigenvalue weighted by Crippen LogP contribution is -2.08. The summed E-state index contributed by atoms with van der Waals surface area (Å²) < 4.78 is 0. The molecule has 0 amide bonds. The van der Waals surface area contributed by atoms with Gasteiger partial charge in [0.05, 0.1) is 0 Å². The molecule has 0 heterocycles. The molecule has 12 heavy (non-hydrogen) atoms. The van der Waals surface area contributed by atoms with Crippen molar-refractivity contribution in [3.8, 4) is 0 Å². The predicted molar refractivity (Wildman–Crippen MR) is 42.4 cm³/mol. The van der Waals surface area contributed by atoms with Gasteiger partial charge < -0.3 is 10.2 Å². The molecule has 0 aromatic carbocycles. The van der Waals surface area contributed by atoms with Crippen molar-refractivity contribution in [2.24, 2.45) is 23.7 Å². The first-order valence-electron chi connectivity index (χ1n) is 4.53. The van der Waals surface area contributed by atoms with Crippen molar-refractivity contribution in [3.05, 3.63) is 0 Å². The molecule has 4 atom stereocenters. The van der Waals surface area contributed by atoms with E-state index in [1.165, 1.54) is 0 Å². The molecule has 0 aromatic rings. The number of hydrogen-bond donors (Lipinski definition) is 2. The third kappa shape index (κ3) is 1.27. The number of Topliss-reactive ketones (excluding diaryl/α,β-unsaturated/α-hetero) is 1. The number of ketones is 1. The van der Waals surface area contributed by atoms with Gasteiger partial charge in [0.1, 0.15) is 5.78 Å². The van der Waals surface area contributed by atoms with Gasteiger partial charge in [-0.2, -0.15) is 0 Å². The number of carbonyl (C=O) groups excluding carboxylic acids is 1. The number of hydrogen-bond acceptors (Lipinski definition) is 3. The van der Waals surface area contributed by atoms with Crippen LogP contribution in [0, 0.1) is 23.7 Å². The average molecular weight is 170 g/mol. The van der Waals surface area contributed by atoms with Crippen molar-refractivity contribution < 1.29 is 15.0 Å². The molecule has 2 aliphatic carbocycles. The van der Waals surface area contributed by atoms with Crippen LogP contribution in [0.3, 0.4) is 0 Å². The zero-order chi connectivity index (χ0) is 8.72. The third-order valence-electron chi connectivity index (χ3n) is 3.05. The molecular formula is C9H14O3. The first kappa shape index (κ1) is 8.20. The van der Waals surface area contributed by atoms with Crippen molar-refractivity contribution in [3.63, 3.8) is 0 Å². The first-order chi connectivity index (χ1) is 5.77. The number of aliphatic hydroxyl groups excluding tert-OH is 2. The Morgan fingerprint density at radius 1 is 1.08 bits per heavy atom. The molecule has 2 N–H and O–H groups in total. The molecule has 3 nitrogen and oxygen atoms in total. The summed E-state index contributed by atoms with van der Waals surface area (Å²) in [5.74, 6) is 0.996. The van der Waals surface area contributed by atoms with Crippen molar-refractivity contribution >= 4 is 5.78 Å². The summed E-state index contributed by atoms with van der Waals surface area (Å²) >= 11 is 0. The molecule has 0 saturated heterocycles. The van der Waals surface area contributed by atoms with Gasteiger partial charge in [-0.05, 0) is 24.7 Å². The molecule has 0 aliphatic heterocycles. The second-order valence-electron chi connectivity index (χ2n) is 3.97. The molecule has 2 aliphatic rings. The van der Waals surface area contributed by atoms with Crippen LogP contribution in [0.25, 0.3) is 0 Å². The predicted octanol–water partition coefficient (Wildman–Crippen LogP) is -0.188. The summed E-state index contributed by atoms with van der Waals surface area (Å²) in [6, 6.07) is 0. The van der Waals surface area contributed by atoms with Crippen LogP contribution < -0.4 is 0 Å². The lowest BCUT2D eigenvalue weighted by atomic mass is 10.1. The van der Waals surface area contributed by atoms with E-state index in [2.05, 4.69) is 0 Å². The third-order valence-corrected chi connectivity index (χ3v) is 3.05. The normalized spacial score (nSPS) is 44.2. The molecule has 0 radical (unpaired) electrons. The Kier molecular flexibility index (Phi) is 1.93. The maximum Gasteiger partial charge on any atom is 0.139 e. The van der Waals surface area contributed by atoms with E-state index in [0.717, 1.165) is 12.8 Å². The van der Waals surface area contributed by atoms with E-state index in [1.54, 1.807) is 0 Å². The minimum atomic E-state index is 0.122. The Labute approximate surface area is 71.4 Å². The van der Waals surface area contributed by atoms with Crippen LogP contribution >= 0.6 is 0 Å². The van der Waals surface area contributed by atoms with Crippen LogP contribution in [-0.2, 0) is 4.79 Å². The van der Waals surface area contributed by atoms with Gasteiger partial charge in [0, 0.05) is 25.0 Å². The summed E-state index contributed by atoms with van der Waals surface area (Å²) in [4.78, 5) is 11.5. The minimum Gasteiger partial charge on any atom is -0.396 e. The van der Waals surface area contributed by atoms with Crippen LogP contribution in [-0.4, -0.2) is 29.2 Å². The highest BCUT2D eigenvalue weighted by atomic mass is 16.3. The zero-order valence-electron chi connectivity index (χ0n) is 6.94. The first-order valence-corrected chi connectivity index (χ1v) is 4.53. The molecule has 68 valence electrons. The summed E-state index contributed by atoms with van der Waals surface area (Å²) in [6.45, 7) is 0.292. The zero-order valence-corrected chi connectivity index (χ0v) is 6.94. The quantitative estimate of drug-likeness (QED) is 0.615.